The largest absolute Gasteiger partial charge is 0.494 e. The minimum Gasteiger partial charge on any atom is -0.494 e. The van der Waals surface area contributed by atoms with Gasteiger partial charge in [-0.3, -0.25) is 14.6 Å². The Labute approximate surface area is 135 Å². The fourth-order valence-electron chi connectivity index (χ4n) is 1.99. The number of carbonyl (C=O) groups is 2. The van der Waals surface area contributed by atoms with Crippen LogP contribution in [0, 0.1) is 0 Å². The number of ether oxygens (including phenoxy) is 1. The van der Waals surface area contributed by atoms with Gasteiger partial charge in [-0.25, -0.2) is 0 Å². The molecule has 0 unspecified atom stereocenters. The number of carbonyl (C=O) groups excluding carboxylic acids is 2. The molecule has 0 saturated heterocycles. The van der Waals surface area contributed by atoms with E-state index in [9.17, 15) is 9.59 Å². The number of hydrogen-bond acceptors (Lipinski definition) is 4. The van der Waals surface area contributed by atoms with Crippen LogP contribution in [0.5, 0.6) is 5.75 Å². The smallest absolute Gasteiger partial charge is 0.224 e. The van der Waals surface area contributed by atoms with Crippen LogP contribution in [0.2, 0.25) is 0 Å². The molecule has 0 spiro atoms. The van der Waals surface area contributed by atoms with Crippen molar-refractivity contribution in [1.82, 2.24) is 4.98 Å². The van der Waals surface area contributed by atoms with Crippen LogP contribution in [0.4, 0.5) is 5.69 Å². The summed E-state index contributed by atoms with van der Waals surface area (Å²) in [5.74, 6) is 0.486. The van der Waals surface area contributed by atoms with Gasteiger partial charge in [0, 0.05) is 24.6 Å². The molecule has 1 N–H and O–H groups in total. The zero-order valence-electron chi connectivity index (χ0n) is 13.1. The van der Waals surface area contributed by atoms with E-state index in [4.69, 9.17) is 4.74 Å². The number of pyridine rings is 1. The molecule has 5 heteroatoms. The number of ketones is 1. The Morgan fingerprint density at radius 3 is 2.57 bits per heavy atom. The summed E-state index contributed by atoms with van der Waals surface area (Å²) in [5, 5.41) is 2.71. The lowest BCUT2D eigenvalue weighted by Crippen LogP contribution is -2.13. The van der Waals surface area contributed by atoms with Crippen molar-refractivity contribution in [3.63, 3.8) is 0 Å². The van der Waals surface area contributed by atoms with Crippen LogP contribution in [0.3, 0.4) is 0 Å². The highest BCUT2D eigenvalue weighted by atomic mass is 16.5. The molecule has 2 rings (SSSR count). The first-order valence-electron chi connectivity index (χ1n) is 7.65. The molecule has 23 heavy (non-hydrogen) atoms. The Morgan fingerprint density at radius 2 is 1.91 bits per heavy atom. The zero-order chi connectivity index (χ0) is 16.5. The van der Waals surface area contributed by atoms with Gasteiger partial charge in [0.2, 0.25) is 5.91 Å². The van der Waals surface area contributed by atoms with E-state index in [-0.39, 0.29) is 24.5 Å². The maximum absolute atomic E-state index is 12.1. The summed E-state index contributed by atoms with van der Waals surface area (Å²) >= 11 is 0. The Hall–Kier alpha value is -2.69. The highest BCUT2D eigenvalue weighted by molar-refractivity contribution is 6.00. The number of anilines is 1. The number of aromatic nitrogens is 1. The van der Waals surface area contributed by atoms with Crippen LogP contribution in [-0.2, 0) is 4.79 Å². The fourth-order valence-corrected chi connectivity index (χ4v) is 1.99. The minimum atomic E-state index is -0.200. The summed E-state index contributed by atoms with van der Waals surface area (Å²) < 4.78 is 5.47. The molecule has 5 nitrogen and oxygen atoms in total. The molecule has 120 valence electrons. The Bertz CT molecular complexity index is 639. The average Bonchev–Trinajstić information content (AvgIpc) is 2.59. The number of nitrogens with zero attached hydrogens (tertiary/aromatic N) is 1. The Morgan fingerprint density at radius 1 is 1.13 bits per heavy atom. The van der Waals surface area contributed by atoms with Gasteiger partial charge < -0.3 is 10.1 Å². The molecule has 0 fully saturated rings. The van der Waals surface area contributed by atoms with E-state index in [2.05, 4.69) is 10.3 Å². The van der Waals surface area contributed by atoms with Crippen LogP contribution in [-0.4, -0.2) is 23.3 Å². The van der Waals surface area contributed by atoms with Crippen LogP contribution in [0.1, 0.15) is 36.5 Å². The van der Waals surface area contributed by atoms with Crippen LogP contribution in [0.25, 0.3) is 0 Å². The first-order valence-corrected chi connectivity index (χ1v) is 7.65. The van der Waals surface area contributed by atoms with Crippen LogP contribution < -0.4 is 10.1 Å². The van der Waals surface area contributed by atoms with Crippen LogP contribution in [0.15, 0.2) is 48.8 Å². The lowest BCUT2D eigenvalue weighted by atomic mass is 10.1. The maximum atomic E-state index is 12.1. The van der Waals surface area contributed by atoms with Gasteiger partial charge in [-0.2, -0.15) is 0 Å². The third kappa shape index (κ3) is 5.54. The number of hydrogen-bond donors (Lipinski definition) is 1. The molecule has 1 amide bonds. The standard InChI is InChI=1S/C18H20N2O3/c1-2-12-23-16-7-5-14(6-8-16)17(21)9-10-18(22)20-15-4-3-11-19-13-15/h3-8,11,13H,2,9-10,12H2,1H3,(H,20,22). The van der Waals surface area contributed by atoms with E-state index in [0.717, 1.165) is 12.2 Å². The summed E-state index contributed by atoms with van der Waals surface area (Å²) in [6, 6.07) is 10.5. The number of nitrogens with one attached hydrogen (secondary N) is 1. The second-order valence-corrected chi connectivity index (χ2v) is 5.09. The molecule has 1 heterocycles. The number of rotatable bonds is 8. The Balaban J connectivity index is 1.81. The predicted molar refractivity (Wildman–Crippen MR) is 88.7 cm³/mol. The van der Waals surface area contributed by atoms with Crippen molar-refractivity contribution >= 4 is 17.4 Å². The third-order valence-electron chi connectivity index (χ3n) is 3.17. The quantitative estimate of drug-likeness (QED) is 0.758. The molecule has 0 aliphatic rings. The van der Waals surface area contributed by atoms with E-state index in [1.807, 2.05) is 6.92 Å². The van der Waals surface area contributed by atoms with Gasteiger partial charge in [-0.05, 0) is 42.8 Å². The maximum Gasteiger partial charge on any atom is 0.224 e. The molecule has 1 aromatic heterocycles. The van der Waals surface area contributed by atoms with E-state index < -0.39 is 0 Å². The van der Waals surface area contributed by atoms with Crippen molar-refractivity contribution in [2.45, 2.75) is 26.2 Å². The van der Waals surface area contributed by atoms with Gasteiger partial charge in [0.05, 0.1) is 18.5 Å². The van der Waals surface area contributed by atoms with Crippen molar-refractivity contribution in [1.29, 1.82) is 0 Å². The Kier molecular flexibility index (Phi) is 6.29. The SMILES string of the molecule is CCCOc1ccc(C(=O)CCC(=O)Nc2cccnc2)cc1. The number of benzene rings is 1. The van der Waals surface area contributed by atoms with E-state index in [1.54, 1.807) is 48.8 Å². The monoisotopic (exact) mass is 312 g/mol. The summed E-state index contributed by atoms with van der Waals surface area (Å²) in [7, 11) is 0. The van der Waals surface area contributed by atoms with Crippen molar-refractivity contribution in [3.05, 3.63) is 54.4 Å². The van der Waals surface area contributed by atoms with Crippen molar-refractivity contribution < 1.29 is 14.3 Å². The van der Waals surface area contributed by atoms with Crippen molar-refractivity contribution in [2.24, 2.45) is 0 Å². The van der Waals surface area contributed by atoms with Crippen LogP contribution >= 0.6 is 0 Å². The van der Waals surface area contributed by atoms with Gasteiger partial charge in [0.25, 0.3) is 0 Å². The van der Waals surface area contributed by atoms with Gasteiger partial charge in [-0.15, -0.1) is 0 Å². The van der Waals surface area contributed by atoms with E-state index in [1.165, 1.54) is 0 Å². The third-order valence-corrected chi connectivity index (χ3v) is 3.17. The highest BCUT2D eigenvalue weighted by Gasteiger charge is 2.10. The topological polar surface area (TPSA) is 68.3 Å². The van der Waals surface area contributed by atoms with Gasteiger partial charge in [0.1, 0.15) is 5.75 Å². The lowest BCUT2D eigenvalue weighted by molar-refractivity contribution is -0.116. The second kappa shape index (κ2) is 8.68. The first-order chi connectivity index (χ1) is 11.2. The number of Topliss-reactive ketones (excluding diaryl/α,β-unsaturated/α-hetero) is 1. The normalized spacial score (nSPS) is 10.1. The molecule has 0 atom stereocenters. The van der Waals surface area contributed by atoms with Gasteiger partial charge in [0.15, 0.2) is 5.78 Å². The predicted octanol–water partition coefficient (Wildman–Crippen LogP) is 3.47. The molecular formula is C18H20N2O3. The second-order valence-electron chi connectivity index (χ2n) is 5.09. The molecule has 0 saturated carbocycles. The summed E-state index contributed by atoms with van der Waals surface area (Å²) in [4.78, 5) is 27.8. The van der Waals surface area contributed by atoms with Gasteiger partial charge >= 0.3 is 0 Å². The van der Waals surface area contributed by atoms with Crippen molar-refractivity contribution in [2.75, 3.05) is 11.9 Å². The van der Waals surface area contributed by atoms with E-state index >= 15 is 0 Å². The molecule has 0 bridgehead atoms. The summed E-state index contributed by atoms with van der Waals surface area (Å²) in [6.45, 7) is 2.69. The molecule has 0 aliphatic heterocycles. The summed E-state index contributed by atoms with van der Waals surface area (Å²) in [6.07, 6.45) is 4.44. The molecule has 2 aromatic rings. The molecule has 1 aromatic carbocycles. The fraction of sp³-hybridized carbons (Fsp3) is 0.278. The number of amides is 1. The van der Waals surface area contributed by atoms with Gasteiger partial charge in [-0.1, -0.05) is 6.92 Å². The van der Waals surface area contributed by atoms with E-state index in [0.29, 0.717) is 17.9 Å². The zero-order valence-corrected chi connectivity index (χ0v) is 13.1. The summed E-state index contributed by atoms with van der Waals surface area (Å²) in [5.41, 5.74) is 1.21. The van der Waals surface area contributed by atoms with Crippen molar-refractivity contribution in [3.8, 4) is 5.75 Å². The minimum absolute atomic E-state index is 0.0617. The molecule has 0 aliphatic carbocycles. The average molecular weight is 312 g/mol. The highest BCUT2D eigenvalue weighted by Crippen LogP contribution is 2.14. The first kappa shape index (κ1) is 16.7. The molecular weight excluding hydrogens is 292 g/mol. The molecule has 0 radical (unpaired) electrons. The lowest BCUT2D eigenvalue weighted by Gasteiger charge is -2.06.